The number of hydrogen-bond donors (Lipinski definition) is 0. The van der Waals surface area contributed by atoms with Gasteiger partial charge in [-0.05, 0) is 25.0 Å². The summed E-state index contributed by atoms with van der Waals surface area (Å²) in [5.74, 6) is 0.827. The third-order valence-corrected chi connectivity index (χ3v) is 3.16. The van der Waals surface area contributed by atoms with Crippen molar-refractivity contribution in [2.75, 3.05) is 26.9 Å². The number of unbranched alkanes of at least 4 members (excludes halogenated alkanes) is 1. The van der Waals surface area contributed by atoms with Crippen LogP contribution in [0.4, 0.5) is 0 Å². The second kappa shape index (κ2) is 8.04. The van der Waals surface area contributed by atoms with Gasteiger partial charge in [-0.2, -0.15) is 0 Å². The zero-order chi connectivity index (χ0) is 14.2. The van der Waals surface area contributed by atoms with E-state index in [4.69, 9.17) is 18.9 Å². The molecule has 110 valence electrons. The van der Waals surface area contributed by atoms with E-state index in [1.54, 1.807) is 7.11 Å². The summed E-state index contributed by atoms with van der Waals surface area (Å²) < 4.78 is 22.2. The van der Waals surface area contributed by atoms with Crippen LogP contribution in [-0.4, -0.2) is 33.0 Å². The maximum absolute atomic E-state index is 5.70. The first kappa shape index (κ1) is 15.0. The van der Waals surface area contributed by atoms with E-state index in [-0.39, 0.29) is 12.4 Å². The van der Waals surface area contributed by atoms with Crippen LogP contribution in [0.15, 0.2) is 36.9 Å². The Morgan fingerprint density at radius 2 is 1.95 bits per heavy atom. The second-order valence-corrected chi connectivity index (χ2v) is 4.70. The molecule has 0 aliphatic carbocycles. The van der Waals surface area contributed by atoms with Gasteiger partial charge in [0, 0.05) is 12.2 Å². The number of hydrogen-bond acceptors (Lipinski definition) is 4. The van der Waals surface area contributed by atoms with Crippen molar-refractivity contribution in [3.8, 4) is 5.75 Å². The van der Waals surface area contributed by atoms with E-state index in [0.29, 0.717) is 13.2 Å². The molecule has 0 radical (unpaired) electrons. The highest BCUT2D eigenvalue weighted by Gasteiger charge is 2.23. The summed E-state index contributed by atoms with van der Waals surface area (Å²) in [6, 6.07) is 7.71. The van der Waals surface area contributed by atoms with E-state index in [9.17, 15) is 0 Å². The van der Waals surface area contributed by atoms with E-state index in [0.717, 1.165) is 30.8 Å². The quantitative estimate of drug-likeness (QED) is 0.567. The molecular weight excluding hydrogens is 256 g/mol. The zero-order valence-electron chi connectivity index (χ0n) is 11.9. The summed E-state index contributed by atoms with van der Waals surface area (Å²) in [4.78, 5) is 0. The Morgan fingerprint density at radius 3 is 2.55 bits per heavy atom. The van der Waals surface area contributed by atoms with Gasteiger partial charge in [0.2, 0.25) is 0 Å². The normalized spacial score (nSPS) is 22.4. The predicted molar refractivity (Wildman–Crippen MR) is 76.8 cm³/mol. The molecule has 1 heterocycles. The molecule has 1 fully saturated rings. The maximum atomic E-state index is 5.70. The van der Waals surface area contributed by atoms with Crippen molar-refractivity contribution >= 4 is 0 Å². The largest absolute Gasteiger partial charge is 0.497 e. The molecule has 0 amide bonds. The fourth-order valence-electron chi connectivity index (χ4n) is 2.01. The predicted octanol–water partition coefficient (Wildman–Crippen LogP) is 3.09. The van der Waals surface area contributed by atoms with Gasteiger partial charge >= 0.3 is 0 Å². The molecule has 0 N–H and O–H groups in total. The molecular formula is C16H22O4. The van der Waals surface area contributed by atoms with Gasteiger partial charge in [-0.3, -0.25) is 0 Å². The highest BCUT2D eigenvalue weighted by Crippen LogP contribution is 2.25. The van der Waals surface area contributed by atoms with E-state index in [1.807, 2.05) is 30.3 Å². The molecule has 2 rings (SSSR count). The van der Waals surface area contributed by atoms with Gasteiger partial charge in [0.15, 0.2) is 6.29 Å². The van der Waals surface area contributed by atoms with Crippen LogP contribution in [0.3, 0.4) is 0 Å². The van der Waals surface area contributed by atoms with Crippen LogP contribution in [0.5, 0.6) is 5.75 Å². The summed E-state index contributed by atoms with van der Waals surface area (Å²) >= 11 is 0. The fourth-order valence-corrected chi connectivity index (χ4v) is 2.01. The molecule has 1 aromatic carbocycles. The van der Waals surface area contributed by atoms with Gasteiger partial charge in [-0.15, -0.1) is 6.58 Å². The summed E-state index contributed by atoms with van der Waals surface area (Å²) in [5, 5.41) is 0. The van der Waals surface area contributed by atoms with Crippen molar-refractivity contribution in [3.05, 3.63) is 42.5 Å². The Balaban J connectivity index is 1.74. The first-order chi connectivity index (χ1) is 9.83. The van der Waals surface area contributed by atoms with Crippen LogP contribution in [0.2, 0.25) is 0 Å². The SMILES string of the molecule is C=CCCCOC1COC(c2ccc(OC)cc2)OC1. The number of allylic oxidation sites excluding steroid dienone is 1. The van der Waals surface area contributed by atoms with Crippen molar-refractivity contribution in [3.63, 3.8) is 0 Å². The molecule has 0 aromatic heterocycles. The van der Waals surface area contributed by atoms with E-state index in [1.165, 1.54) is 0 Å². The highest BCUT2D eigenvalue weighted by molar-refractivity contribution is 5.27. The molecule has 4 nitrogen and oxygen atoms in total. The first-order valence-corrected chi connectivity index (χ1v) is 6.93. The van der Waals surface area contributed by atoms with Gasteiger partial charge in [0.05, 0.1) is 20.3 Å². The average Bonchev–Trinajstić information content (AvgIpc) is 2.52. The van der Waals surface area contributed by atoms with Gasteiger partial charge in [0.25, 0.3) is 0 Å². The fraction of sp³-hybridized carbons (Fsp3) is 0.500. The lowest BCUT2D eigenvalue weighted by molar-refractivity contribution is -0.230. The maximum Gasteiger partial charge on any atom is 0.184 e. The minimum atomic E-state index is -0.311. The van der Waals surface area contributed by atoms with Crippen molar-refractivity contribution in [2.24, 2.45) is 0 Å². The number of ether oxygens (including phenoxy) is 4. The lowest BCUT2D eigenvalue weighted by Crippen LogP contribution is -2.33. The molecule has 20 heavy (non-hydrogen) atoms. The van der Waals surface area contributed by atoms with Crippen LogP contribution >= 0.6 is 0 Å². The monoisotopic (exact) mass is 278 g/mol. The Labute approximate surface area is 120 Å². The van der Waals surface area contributed by atoms with Crippen LogP contribution in [0.25, 0.3) is 0 Å². The van der Waals surface area contributed by atoms with E-state index in [2.05, 4.69) is 6.58 Å². The van der Waals surface area contributed by atoms with Gasteiger partial charge < -0.3 is 18.9 Å². The van der Waals surface area contributed by atoms with Crippen LogP contribution in [0.1, 0.15) is 24.7 Å². The minimum Gasteiger partial charge on any atom is -0.497 e. The van der Waals surface area contributed by atoms with Gasteiger partial charge in [-0.25, -0.2) is 0 Å². The third-order valence-electron chi connectivity index (χ3n) is 3.16. The lowest BCUT2D eigenvalue weighted by atomic mass is 10.2. The number of methoxy groups -OCH3 is 1. The minimum absolute atomic E-state index is 0.0225. The Morgan fingerprint density at radius 1 is 1.25 bits per heavy atom. The Kier molecular flexibility index (Phi) is 6.05. The first-order valence-electron chi connectivity index (χ1n) is 6.93. The molecule has 1 saturated heterocycles. The molecule has 0 unspecified atom stereocenters. The summed E-state index contributed by atoms with van der Waals surface area (Å²) in [7, 11) is 1.65. The number of rotatable bonds is 7. The molecule has 1 aliphatic rings. The topological polar surface area (TPSA) is 36.9 Å². The molecule has 1 aromatic rings. The molecule has 0 saturated carbocycles. The Bertz CT molecular complexity index is 393. The number of benzene rings is 1. The summed E-state index contributed by atoms with van der Waals surface area (Å²) in [6.45, 7) is 5.53. The molecule has 0 bridgehead atoms. The van der Waals surface area contributed by atoms with E-state index >= 15 is 0 Å². The van der Waals surface area contributed by atoms with Crippen molar-refractivity contribution < 1.29 is 18.9 Å². The van der Waals surface area contributed by atoms with Crippen molar-refractivity contribution in [2.45, 2.75) is 25.2 Å². The Hall–Kier alpha value is -1.36. The third kappa shape index (κ3) is 4.34. The standard InChI is InChI=1S/C16H22O4/c1-3-4-5-10-18-15-11-19-16(20-12-15)13-6-8-14(17-2)9-7-13/h3,6-9,15-16H,1,4-5,10-12H2,2H3. The smallest absolute Gasteiger partial charge is 0.184 e. The molecule has 1 aliphatic heterocycles. The second-order valence-electron chi connectivity index (χ2n) is 4.70. The summed E-state index contributed by atoms with van der Waals surface area (Å²) in [6.07, 6.45) is 3.57. The molecule has 4 heteroatoms. The summed E-state index contributed by atoms with van der Waals surface area (Å²) in [5.41, 5.74) is 0.996. The van der Waals surface area contributed by atoms with Gasteiger partial charge in [-0.1, -0.05) is 18.2 Å². The van der Waals surface area contributed by atoms with Crippen LogP contribution in [-0.2, 0) is 14.2 Å². The lowest BCUT2D eigenvalue weighted by Gasteiger charge is -2.29. The highest BCUT2D eigenvalue weighted by atomic mass is 16.7. The molecule has 0 atom stereocenters. The van der Waals surface area contributed by atoms with Crippen molar-refractivity contribution in [1.82, 2.24) is 0 Å². The van der Waals surface area contributed by atoms with Crippen LogP contribution < -0.4 is 4.74 Å². The average molecular weight is 278 g/mol. The van der Waals surface area contributed by atoms with Crippen molar-refractivity contribution in [1.29, 1.82) is 0 Å². The molecule has 0 spiro atoms. The van der Waals surface area contributed by atoms with Gasteiger partial charge in [0.1, 0.15) is 11.9 Å². The van der Waals surface area contributed by atoms with Crippen LogP contribution in [0, 0.1) is 0 Å². The van der Waals surface area contributed by atoms with E-state index < -0.39 is 0 Å². The zero-order valence-corrected chi connectivity index (χ0v) is 11.9.